The summed E-state index contributed by atoms with van der Waals surface area (Å²) in [5, 5.41) is 0. The highest BCUT2D eigenvalue weighted by Crippen LogP contribution is 2.15. The molecule has 0 saturated heterocycles. The smallest absolute Gasteiger partial charge is 0.124 e. The van der Waals surface area contributed by atoms with Gasteiger partial charge >= 0.3 is 0 Å². The molecule has 80 valence electrons. The summed E-state index contributed by atoms with van der Waals surface area (Å²) < 4.78 is 13.2. The third-order valence-electron chi connectivity index (χ3n) is 1.77. The van der Waals surface area contributed by atoms with E-state index < -0.39 is 0 Å². The summed E-state index contributed by atoms with van der Waals surface area (Å²) in [5.74, 6) is 7.18. The molecule has 1 aromatic carbocycles. The molecule has 0 aliphatic rings. The van der Waals surface area contributed by atoms with Crippen molar-refractivity contribution in [1.29, 1.82) is 0 Å². The third-order valence-corrected chi connectivity index (χ3v) is 2.71. The van der Waals surface area contributed by atoms with Crippen molar-refractivity contribution in [2.75, 3.05) is 12.3 Å². The van der Waals surface area contributed by atoms with Crippen LogP contribution in [-0.2, 0) is 5.75 Å². The lowest BCUT2D eigenvalue weighted by atomic mass is 10.1. The lowest BCUT2D eigenvalue weighted by Crippen LogP contribution is -1.93. The number of nitrogens with two attached hydrogens (primary N) is 1. The van der Waals surface area contributed by atoms with Crippen LogP contribution in [0, 0.1) is 17.7 Å². The Hall–Kier alpha value is -0.980. The molecule has 0 saturated carbocycles. The summed E-state index contributed by atoms with van der Waals surface area (Å²) >= 11 is 1.76. The molecule has 0 aromatic heterocycles. The zero-order valence-corrected chi connectivity index (χ0v) is 9.53. The predicted molar refractivity (Wildman–Crippen MR) is 64.2 cm³/mol. The van der Waals surface area contributed by atoms with Gasteiger partial charge in [-0.15, -0.1) is 0 Å². The Labute approximate surface area is 94.2 Å². The molecule has 1 nitrogen and oxygen atoms in total. The number of thioether (sulfide) groups is 1. The van der Waals surface area contributed by atoms with Gasteiger partial charge in [-0.1, -0.05) is 18.8 Å². The van der Waals surface area contributed by atoms with E-state index in [-0.39, 0.29) is 5.82 Å². The van der Waals surface area contributed by atoms with Crippen LogP contribution in [0.1, 0.15) is 18.1 Å². The molecule has 15 heavy (non-hydrogen) atoms. The topological polar surface area (TPSA) is 26.0 Å². The summed E-state index contributed by atoms with van der Waals surface area (Å²) in [6.07, 6.45) is 0. The van der Waals surface area contributed by atoms with Crippen LogP contribution < -0.4 is 5.73 Å². The Bertz CT molecular complexity index is 379. The average molecular weight is 223 g/mol. The van der Waals surface area contributed by atoms with Crippen LogP contribution >= 0.6 is 11.8 Å². The molecule has 1 rings (SSSR count). The average Bonchev–Trinajstić information content (AvgIpc) is 2.23. The maximum absolute atomic E-state index is 13.2. The van der Waals surface area contributed by atoms with Gasteiger partial charge < -0.3 is 5.73 Å². The highest BCUT2D eigenvalue weighted by molar-refractivity contribution is 7.98. The number of rotatable bonds is 3. The Morgan fingerprint density at radius 2 is 2.20 bits per heavy atom. The molecule has 3 heteroatoms. The van der Waals surface area contributed by atoms with E-state index in [4.69, 9.17) is 5.73 Å². The minimum absolute atomic E-state index is 0.231. The summed E-state index contributed by atoms with van der Waals surface area (Å²) in [6.45, 7) is 2.38. The van der Waals surface area contributed by atoms with Gasteiger partial charge in [0.15, 0.2) is 0 Å². The normalized spacial score (nSPS) is 9.53. The van der Waals surface area contributed by atoms with Gasteiger partial charge in [0.2, 0.25) is 0 Å². The van der Waals surface area contributed by atoms with Crippen molar-refractivity contribution in [2.45, 2.75) is 12.7 Å². The Morgan fingerprint density at radius 1 is 1.40 bits per heavy atom. The SMILES string of the molecule is CCSCc1cc(F)cc(C#CCN)c1. The Morgan fingerprint density at radius 3 is 2.87 bits per heavy atom. The summed E-state index contributed by atoms with van der Waals surface area (Å²) in [6, 6.07) is 4.90. The molecule has 0 atom stereocenters. The van der Waals surface area contributed by atoms with Crippen LogP contribution in [0.4, 0.5) is 4.39 Å². The molecule has 2 N–H and O–H groups in total. The van der Waals surface area contributed by atoms with Gasteiger partial charge in [-0.3, -0.25) is 0 Å². The second-order valence-corrected chi connectivity index (χ2v) is 4.27. The molecule has 0 aliphatic carbocycles. The van der Waals surface area contributed by atoms with Gasteiger partial charge in [-0.05, 0) is 29.5 Å². The summed E-state index contributed by atoms with van der Waals surface area (Å²) in [5.41, 5.74) is 6.94. The fourth-order valence-corrected chi connectivity index (χ4v) is 1.79. The minimum Gasteiger partial charge on any atom is -0.320 e. The van der Waals surface area contributed by atoms with Crippen LogP contribution in [0.25, 0.3) is 0 Å². The zero-order valence-electron chi connectivity index (χ0n) is 8.72. The van der Waals surface area contributed by atoms with Gasteiger partial charge in [0.25, 0.3) is 0 Å². The maximum Gasteiger partial charge on any atom is 0.124 e. The molecule has 0 amide bonds. The van der Waals surface area contributed by atoms with Crippen molar-refractivity contribution in [3.8, 4) is 11.8 Å². The van der Waals surface area contributed by atoms with Crippen molar-refractivity contribution in [2.24, 2.45) is 5.73 Å². The van der Waals surface area contributed by atoms with Gasteiger partial charge in [0.05, 0.1) is 6.54 Å². The lowest BCUT2D eigenvalue weighted by Gasteiger charge is -2.01. The van der Waals surface area contributed by atoms with E-state index in [1.807, 2.05) is 6.07 Å². The van der Waals surface area contributed by atoms with Crippen LogP contribution in [0.3, 0.4) is 0 Å². The number of hydrogen-bond acceptors (Lipinski definition) is 2. The standard InChI is InChI=1S/C12H14FNS/c1-2-15-9-11-6-10(4-3-5-14)7-12(13)8-11/h6-8H,2,5,9,14H2,1H3. The molecule has 0 heterocycles. The van der Waals surface area contributed by atoms with Gasteiger partial charge in [-0.2, -0.15) is 11.8 Å². The first-order valence-corrected chi connectivity index (χ1v) is 5.98. The maximum atomic E-state index is 13.2. The van der Waals surface area contributed by atoms with E-state index in [0.717, 1.165) is 17.1 Å². The monoisotopic (exact) mass is 223 g/mol. The highest BCUT2D eigenvalue weighted by Gasteiger charge is 1.98. The fourth-order valence-electron chi connectivity index (χ4n) is 1.18. The second-order valence-electron chi connectivity index (χ2n) is 2.99. The van der Waals surface area contributed by atoms with Crippen molar-refractivity contribution in [3.05, 3.63) is 35.1 Å². The van der Waals surface area contributed by atoms with Gasteiger partial charge in [0.1, 0.15) is 5.82 Å². The highest BCUT2D eigenvalue weighted by atomic mass is 32.2. The van der Waals surface area contributed by atoms with Crippen molar-refractivity contribution < 1.29 is 4.39 Å². The Balaban J connectivity index is 2.84. The number of halogens is 1. The molecular formula is C12H14FNS. The molecule has 0 bridgehead atoms. The second kappa shape index (κ2) is 6.49. The Kier molecular flexibility index (Phi) is 5.23. The molecule has 0 radical (unpaired) electrons. The van der Waals surface area contributed by atoms with E-state index in [0.29, 0.717) is 12.1 Å². The number of benzene rings is 1. The quantitative estimate of drug-likeness (QED) is 0.796. The summed E-state index contributed by atoms with van der Waals surface area (Å²) in [4.78, 5) is 0. The lowest BCUT2D eigenvalue weighted by molar-refractivity contribution is 0.626. The largest absolute Gasteiger partial charge is 0.320 e. The van der Waals surface area contributed by atoms with E-state index in [1.54, 1.807) is 17.8 Å². The molecular weight excluding hydrogens is 209 g/mol. The summed E-state index contributed by atoms with van der Waals surface area (Å²) in [7, 11) is 0. The molecule has 0 aliphatic heterocycles. The zero-order chi connectivity index (χ0) is 11.1. The van der Waals surface area contributed by atoms with E-state index in [9.17, 15) is 4.39 Å². The van der Waals surface area contributed by atoms with Crippen molar-refractivity contribution >= 4 is 11.8 Å². The van der Waals surface area contributed by atoms with E-state index in [2.05, 4.69) is 18.8 Å². The molecule has 0 fully saturated rings. The van der Waals surface area contributed by atoms with E-state index in [1.165, 1.54) is 6.07 Å². The fraction of sp³-hybridized carbons (Fsp3) is 0.333. The van der Waals surface area contributed by atoms with Crippen LogP contribution in [-0.4, -0.2) is 12.3 Å². The van der Waals surface area contributed by atoms with Crippen LogP contribution in [0.2, 0.25) is 0 Å². The van der Waals surface area contributed by atoms with Crippen molar-refractivity contribution in [3.63, 3.8) is 0 Å². The van der Waals surface area contributed by atoms with Gasteiger partial charge in [0, 0.05) is 11.3 Å². The number of hydrogen-bond donors (Lipinski definition) is 1. The predicted octanol–water partition coefficient (Wildman–Crippen LogP) is 2.39. The first-order chi connectivity index (χ1) is 7.26. The molecule has 0 spiro atoms. The third kappa shape index (κ3) is 4.37. The first kappa shape index (κ1) is 12.1. The minimum atomic E-state index is -0.231. The molecule has 1 aromatic rings. The van der Waals surface area contributed by atoms with Crippen molar-refractivity contribution in [1.82, 2.24) is 0 Å². The van der Waals surface area contributed by atoms with Crippen LogP contribution in [0.15, 0.2) is 18.2 Å². The van der Waals surface area contributed by atoms with E-state index >= 15 is 0 Å². The molecule has 0 unspecified atom stereocenters. The van der Waals surface area contributed by atoms with Gasteiger partial charge in [-0.25, -0.2) is 4.39 Å². The first-order valence-electron chi connectivity index (χ1n) is 4.82. The van der Waals surface area contributed by atoms with Crippen LogP contribution in [0.5, 0.6) is 0 Å².